The average molecular weight is 318 g/mol. The Labute approximate surface area is 117 Å². The van der Waals surface area contributed by atoms with Gasteiger partial charge in [0.15, 0.2) is 0 Å². The van der Waals surface area contributed by atoms with Crippen molar-refractivity contribution in [2.75, 3.05) is 7.11 Å². The van der Waals surface area contributed by atoms with Crippen molar-refractivity contribution in [2.45, 2.75) is 37.5 Å². The fourth-order valence-corrected chi connectivity index (χ4v) is 3.76. The summed E-state index contributed by atoms with van der Waals surface area (Å²) >= 11 is 10.1. The van der Waals surface area contributed by atoms with Crippen molar-refractivity contribution in [3.8, 4) is 5.75 Å². The topological polar surface area (TPSA) is 9.23 Å². The molecule has 1 atom stereocenters. The number of benzene rings is 1. The van der Waals surface area contributed by atoms with Crippen molar-refractivity contribution < 1.29 is 4.74 Å². The number of methoxy groups -OCH3 is 1. The Hall–Kier alpha value is -0.210. The zero-order valence-electron chi connectivity index (χ0n) is 10.1. The van der Waals surface area contributed by atoms with Gasteiger partial charge in [0.05, 0.1) is 12.5 Å². The molecule has 3 heteroatoms. The minimum Gasteiger partial charge on any atom is -0.497 e. The lowest BCUT2D eigenvalue weighted by atomic mass is 9.98. The second-order valence-corrected chi connectivity index (χ2v) is 6.12. The average Bonchev–Trinajstić information content (AvgIpc) is 2.81. The quantitative estimate of drug-likeness (QED) is 0.683. The highest BCUT2D eigenvalue weighted by molar-refractivity contribution is 9.10. The Morgan fingerprint density at radius 3 is 2.71 bits per heavy atom. The molecule has 0 aliphatic heterocycles. The number of halogens is 2. The molecule has 1 aromatic carbocycles. The van der Waals surface area contributed by atoms with Gasteiger partial charge >= 0.3 is 0 Å². The lowest BCUT2D eigenvalue weighted by Gasteiger charge is -2.16. The highest BCUT2D eigenvalue weighted by Crippen LogP contribution is 2.39. The molecule has 0 spiro atoms. The monoisotopic (exact) mass is 316 g/mol. The maximum atomic E-state index is 6.52. The van der Waals surface area contributed by atoms with E-state index in [0.29, 0.717) is 0 Å². The van der Waals surface area contributed by atoms with Gasteiger partial charge in [-0.1, -0.05) is 47.7 Å². The first-order valence-corrected chi connectivity index (χ1v) is 7.41. The van der Waals surface area contributed by atoms with Crippen LogP contribution in [-0.2, 0) is 0 Å². The predicted molar refractivity (Wildman–Crippen MR) is 75.9 cm³/mol. The highest BCUT2D eigenvalue weighted by Gasteiger charge is 2.21. The molecule has 17 heavy (non-hydrogen) atoms. The third kappa shape index (κ3) is 3.38. The standard InChI is InChI=1S/C14H18BrClO/c1-17-11-6-7-12(13(15)9-11)14(16)8-10-4-2-3-5-10/h6-7,9-10,14H,2-5,8H2,1H3. The summed E-state index contributed by atoms with van der Waals surface area (Å²) in [4.78, 5) is 0. The molecule has 0 aromatic heterocycles. The molecule has 2 rings (SSSR count). The van der Waals surface area contributed by atoms with Gasteiger partial charge in [-0.3, -0.25) is 0 Å². The summed E-state index contributed by atoms with van der Waals surface area (Å²) in [7, 11) is 1.68. The molecule has 0 radical (unpaired) electrons. The minimum atomic E-state index is 0.110. The van der Waals surface area contributed by atoms with Gasteiger partial charge in [0.2, 0.25) is 0 Å². The fourth-order valence-electron chi connectivity index (χ4n) is 2.55. The van der Waals surface area contributed by atoms with Crippen LogP contribution in [-0.4, -0.2) is 7.11 Å². The van der Waals surface area contributed by atoms with E-state index in [0.717, 1.165) is 22.6 Å². The lowest BCUT2D eigenvalue weighted by molar-refractivity contribution is 0.414. The number of ether oxygens (including phenoxy) is 1. The van der Waals surface area contributed by atoms with E-state index in [9.17, 15) is 0 Å². The van der Waals surface area contributed by atoms with Crippen molar-refractivity contribution >= 4 is 27.5 Å². The predicted octanol–water partition coefficient (Wildman–Crippen LogP) is 5.32. The summed E-state index contributed by atoms with van der Waals surface area (Å²) in [6.07, 6.45) is 6.52. The van der Waals surface area contributed by atoms with Crippen LogP contribution in [0.5, 0.6) is 5.75 Å². The van der Waals surface area contributed by atoms with Crippen molar-refractivity contribution in [3.63, 3.8) is 0 Å². The number of alkyl halides is 1. The Kier molecular flexibility index (Phi) is 4.75. The van der Waals surface area contributed by atoms with Gasteiger partial charge in [-0.2, -0.15) is 0 Å². The largest absolute Gasteiger partial charge is 0.497 e. The summed E-state index contributed by atoms with van der Waals surface area (Å²) < 4.78 is 6.24. The van der Waals surface area contributed by atoms with Crippen LogP contribution < -0.4 is 4.74 Å². The van der Waals surface area contributed by atoms with Crippen LogP contribution in [0.1, 0.15) is 43.0 Å². The number of hydrogen-bond donors (Lipinski definition) is 0. The Morgan fingerprint density at radius 1 is 1.41 bits per heavy atom. The normalized spacial score (nSPS) is 18.3. The van der Waals surface area contributed by atoms with Gasteiger partial charge in [-0.05, 0) is 30.0 Å². The maximum absolute atomic E-state index is 6.52. The molecule has 1 aliphatic carbocycles. The van der Waals surface area contributed by atoms with E-state index in [4.69, 9.17) is 16.3 Å². The third-order valence-electron chi connectivity index (χ3n) is 3.56. The summed E-state index contributed by atoms with van der Waals surface area (Å²) in [5.41, 5.74) is 1.18. The van der Waals surface area contributed by atoms with Gasteiger partial charge in [0, 0.05) is 4.47 Å². The van der Waals surface area contributed by atoms with Crippen molar-refractivity contribution in [1.82, 2.24) is 0 Å². The molecule has 1 aliphatic rings. The molecule has 0 N–H and O–H groups in total. The van der Waals surface area contributed by atoms with E-state index in [1.807, 2.05) is 12.1 Å². The van der Waals surface area contributed by atoms with Gasteiger partial charge in [0.1, 0.15) is 5.75 Å². The molecule has 0 saturated heterocycles. The molecular weight excluding hydrogens is 300 g/mol. The summed E-state index contributed by atoms with van der Waals surface area (Å²) in [6.45, 7) is 0. The van der Waals surface area contributed by atoms with Gasteiger partial charge in [0.25, 0.3) is 0 Å². The molecule has 1 unspecified atom stereocenters. The van der Waals surface area contributed by atoms with Crippen LogP contribution in [0.25, 0.3) is 0 Å². The van der Waals surface area contributed by atoms with Crippen molar-refractivity contribution in [1.29, 1.82) is 0 Å². The summed E-state index contributed by atoms with van der Waals surface area (Å²) in [5.74, 6) is 1.68. The summed E-state index contributed by atoms with van der Waals surface area (Å²) in [6, 6.07) is 6.03. The Balaban J connectivity index is 2.04. The molecule has 1 saturated carbocycles. The van der Waals surface area contributed by atoms with Crippen LogP contribution in [0.3, 0.4) is 0 Å². The van der Waals surface area contributed by atoms with E-state index < -0.39 is 0 Å². The van der Waals surface area contributed by atoms with E-state index in [1.165, 1.54) is 31.2 Å². The fraction of sp³-hybridized carbons (Fsp3) is 0.571. The van der Waals surface area contributed by atoms with Gasteiger partial charge in [-0.25, -0.2) is 0 Å². The zero-order chi connectivity index (χ0) is 12.3. The molecule has 0 amide bonds. The van der Waals surface area contributed by atoms with E-state index in [1.54, 1.807) is 7.11 Å². The Bertz CT molecular complexity index is 374. The van der Waals surface area contributed by atoms with Crippen molar-refractivity contribution in [2.24, 2.45) is 5.92 Å². The van der Waals surface area contributed by atoms with E-state index >= 15 is 0 Å². The second-order valence-electron chi connectivity index (χ2n) is 4.74. The van der Waals surface area contributed by atoms with Crippen LogP contribution >= 0.6 is 27.5 Å². The zero-order valence-corrected chi connectivity index (χ0v) is 12.4. The van der Waals surface area contributed by atoms with Crippen LogP contribution in [0.15, 0.2) is 22.7 Å². The molecule has 94 valence electrons. The summed E-state index contributed by atoms with van der Waals surface area (Å²) in [5, 5.41) is 0.110. The second kappa shape index (κ2) is 6.10. The molecule has 1 aromatic rings. The Morgan fingerprint density at radius 2 is 2.12 bits per heavy atom. The van der Waals surface area contributed by atoms with E-state index in [2.05, 4.69) is 22.0 Å². The first-order chi connectivity index (χ1) is 8.20. The minimum absolute atomic E-state index is 0.110. The van der Waals surface area contributed by atoms with Gasteiger partial charge in [-0.15, -0.1) is 11.6 Å². The number of hydrogen-bond acceptors (Lipinski definition) is 1. The van der Waals surface area contributed by atoms with Crippen LogP contribution in [0, 0.1) is 5.92 Å². The molecule has 1 fully saturated rings. The lowest BCUT2D eigenvalue weighted by Crippen LogP contribution is -2.00. The van der Waals surface area contributed by atoms with Gasteiger partial charge < -0.3 is 4.74 Å². The smallest absolute Gasteiger partial charge is 0.120 e. The molecular formula is C14H18BrClO. The SMILES string of the molecule is COc1ccc(C(Cl)CC2CCCC2)c(Br)c1. The number of rotatable bonds is 4. The van der Waals surface area contributed by atoms with Crippen molar-refractivity contribution in [3.05, 3.63) is 28.2 Å². The van der Waals surface area contributed by atoms with Crippen LogP contribution in [0.4, 0.5) is 0 Å². The first-order valence-electron chi connectivity index (χ1n) is 6.18. The molecule has 0 bridgehead atoms. The third-order valence-corrected chi connectivity index (χ3v) is 4.66. The molecule has 1 nitrogen and oxygen atoms in total. The first kappa shape index (κ1) is 13.2. The maximum Gasteiger partial charge on any atom is 0.120 e. The van der Waals surface area contributed by atoms with E-state index in [-0.39, 0.29) is 5.38 Å². The van der Waals surface area contributed by atoms with Crippen LogP contribution in [0.2, 0.25) is 0 Å². The highest BCUT2D eigenvalue weighted by atomic mass is 79.9. The molecule has 0 heterocycles.